The molecule has 112 valence electrons. The number of benzene rings is 1. The molecule has 4 nitrogen and oxygen atoms in total. The van der Waals surface area contributed by atoms with Gasteiger partial charge in [0.05, 0.1) is 18.7 Å². The molecular weight excluding hydrogens is 281 g/mol. The van der Waals surface area contributed by atoms with Crippen molar-refractivity contribution in [2.24, 2.45) is 0 Å². The largest absolute Gasteiger partial charge is 0.416 e. The van der Waals surface area contributed by atoms with Crippen molar-refractivity contribution in [3.8, 4) is 0 Å². The van der Waals surface area contributed by atoms with Crippen LogP contribution in [0.2, 0.25) is 0 Å². The fourth-order valence-corrected chi connectivity index (χ4v) is 2.05. The highest BCUT2D eigenvalue weighted by atomic mass is 19.4. The minimum absolute atomic E-state index is 0.416. The summed E-state index contributed by atoms with van der Waals surface area (Å²) in [6, 6.07) is 5.70. The molecule has 2 aromatic rings. The van der Waals surface area contributed by atoms with Gasteiger partial charge in [-0.1, -0.05) is 12.1 Å². The minimum Gasteiger partial charge on any atom is -0.307 e. The number of rotatable bonds is 5. The zero-order valence-corrected chi connectivity index (χ0v) is 11.3. The summed E-state index contributed by atoms with van der Waals surface area (Å²) >= 11 is 0. The SMILES string of the molecule is FC(F)(F)c1ccc(Cn2ncnc2CNC2CC2)cc1. The topological polar surface area (TPSA) is 42.7 Å². The van der Waals surface area contributed by atoms with Gasteiger partial charge in [-0.3, -0.25) is 0 Å². The van der Waals surface area contributed by atoms with E-state index in [0.717, 1.165) is 23.5 Å². The Morgan fingerprint density at radius 2 is 1.90 bits per heavy atom. The zero-order valence-electron chi connectivity index (χ0n) is 11.3. The molecule has 1 aliphatic carbocycles. The third-order valence-electron chi connectivity index (χ3n) is 3.44. The summed E-state index contributed by atoms with van der Waals surface area (Å²) in [6.45, 7) is 1.05. The third kappa shape index (κ3) is 3.60. The van der Waals surface area contributed by atoms with Gasteiger partial charge in [-0.05, 0) is 30.5 Å². The first-order valence-electron chi connectivity index (χ1n) is 6.78. The smallest absolute Gasteiger partial charge is 0.307 e. The third-order valence-corrected chi connectivity index (χ3v) is 3.44. The van der Waals surface area contributed by atoms with E-state index in [9.17, 15) is 13.2 Å². The van der Waals surface area contributed by atoms with E-state index < -0.39 is 11.7 Å². The highest BCUT2D eigenvalue weighted by molar-refractivity contribution is 5.24. The highest BCUT2D eigenvalue weighted by Gasteiger charge is 2.29. The van der Waals surface area contributed by atoms with Gasteiger partial charge in [0.1, 0.15) is 12.2 Å². The van der Waals surface area contributed by atoms with Gasteiger partial charge in [0, 0.05) is 6.04 Å². The Kier molecular flexibility index (Phi) is 3.67. The molecule has 0 radical (unpaired) electrons. The molecule has 1 fully saturated rings. The van der Waals surface area contributed by atoms with Crippen molar-refractivity contribution < 1.29 is 13.2 Å². The number of nitrogens with one attached hydrogen (secondary N) is 1. The lowest BCUT2D eigenvalue weighted by Crippen LogP contribution is -2.19. The molecule has 0 bridgehead atoms. The van der Waals surface area contributed by atoms with Crippen molar-refractivity contribution in [3.63, 3.8) is 0 Å². The molecule has 0 amide bonds. The van der Waals surface area contributed by atoms with Gasteiger partial charge in [0.15, 0.2) is 0 Å². The molecule has 1 aromatic carbocycles. The molecule has 7 heteroatoms. The van der Waals surface area contributed by atoms with Crippen LogP contribution in [0, 0.1) is 0 Å². The predicted molar refractivity (Wildman–Crippen MR) is 70.4 cm³/mol. The Morgan fingerprint density at radius 3 is 2.52 bits per heavy atom. The van der Waals surface area contributed by atoms with Crippen LogP contribution in [0.1, 0.15) is 29.8 Å². The van der Waals surface area contributed by atoms with Gasteiger partial charge in [-0.2, -0.15) is 18.3 Å². The fourth-order valence-electron chi connectivity index (χ4n) is 2.05. The van der Waals surface area contributed by atoms with E-state index in [1.54, 1.807) is 4.68 Å². The summed E-state index contributed by atoms with van der Waals surface area (Å²) in [6.07, 6.45) is -0.459. The molecule has 0 aliphatic heterocycles. The second-order valence-electron chi connectivity index (χ2n) is 5.18. The van der Waals surface area contributed by atoms with Crippen LogP contribution in [-0.2, 0) is 19.3 Å². The van der Waals surface area contributed by atoms with Crippen LogP contribution in [0.25, 0.3) is 0 Å². The van der Waals surface area contributed by atoms with Crippen LogP contribution in [0.4, 0.5) is 13.2 Å². The molecule has 1 aliphatic rings. The van der Waals surface area contributed by atoms with Gasteiger partial charge >= 0.3 is 6.18 Å². The zero-order chi connectivity index (χ0) is 14.9. The van der Waals surface area contributed by atoms with Crippen LogP contribution >= 0.6 is 0 Å². The first-order chi connectivity index (χ1) is 10.0. The van der Waals surface area contributed by atoms with Crippen molar-refractivity contribution in [1.82, 2.24) is 20.1 Å². The van der Waals surface area contributed by atoms with Crippen molar-refractivity contribution in [2.45, 2.75) is 38.1 Å². The van der Waals surface area contributed by atoms with Crippen molar-refractivity contribution in [2.75, 3.05) is 0 Å². The summed E-state index contributed by atoms with van der Waals surface area (Å²) < 4.78 is 39.2. The van der Waals surface area contributed by atoms with Crippen LogP contribution < -0.4 is 5.32 Å². The van der Waals surface area contributed by atoms with Gasteiger partial charge in [-0.25, -0.2) is 9.67 Å². The van der Waals surface area contributed by atoms with E-state index in [0.29, 0.717) is 19.1 Å². The van der Waals surface area contributed by atoms with E-state index in [4.69, 9.17) is 0 Å². The predicted octanol–water partition coefficient (Wildman–Crippen LogP) is 2.60. The average Bonchev–Trinajstić information content (AvgIpc) is 3.17. The van der Waals surface area contributed by atoms with Gasteiger partial charge in [-0.15, -0.1) is 0 Å². The molecule has 0 atom stereocenters. The van der Waals surface area contributed by atoms with Crippen LogP contribution in [0.5, 0.6) is 0 Å². The monoisotopic (exact) mass is 296 g/mol. The van der Waals surface area contributed by atoms with Crippen molar-refractivity contribution in [1.29, 1.82) is 0 Å². The molecule has 0 saturated heterocycles. The molecule has 21 heavy (non-hydrogen) atoms. The van der Waals surface area contributed by atoms with Crippen molar-refractivity contribution >= 4 is 0 Å². The quantitative estimate of drug-likeness (QED) is 0.922. The van der Waals surface area contributed by atoms with E-state index in [2.05, 4.69) is 15.4 Å². The number of hydrogen-bond acceptors (Lipinski definition) is 3. The molecule has 1 N–H and O–H groups in total. The lowest BCUT2D eigenvalue weighted by Gasteiger charge is -2.09. The Hall–Kier alpha value is -1.89. The number of alkyl halides is 3. The van der Waals surface area contributed by atoms with Crippen LogP contribution in [0.15, 0.2) is 30.6 Å². The first-order valence-corrected chi connectivity index (χ1v) is 6.78. The summed E-state index contributed by atoms with van der Waals surface area (Å²) in [7, 11) is 0. The van der Waals surface area contributed by atoms with Gasteiger partial charge < -0.3 is 5.32 Å². The van der Waals surface area contributed by atoms with E-state index in [-0.39, 0.29) is 0 Å². The number of aromatic nitrogens is 3. The van der Waals surface area contributed by atoms with Crippen LogP contribution in [0.3, 0.4) is 0 Å². The molecule has 1 aromatic heterocycles. The lowest BCUT2D eigenvalue weighted by atomic mass is 10.1. The number of nitrogens with zero attached hydrogens (tertiary/aromatic N) is 3. The normalized spacial score (nSPS) is 15.4. The summed E-state index contributed by atoms with van der Waals surface area (Å²) in [4.78, 5) is 4.18. The Bertz CT molecular complexity index is 599. The molecule has 1 saturated carbocycles. The summed E-state index contributed by atoms with van der Waals surface area (Å²) in [5, 5.41) is 7.47. The second-order valence-corrected chi connectivity index (χ2v) is 5.18. The second kappa shape index (κ2) is 5.48. The highest BCUT2D eigenvalue weighted by Crippen LogP contribution is 2.29. The van der Waals surface area contributed by atoms with E-state index in [1.165, 1.54) is 31.3 Å². The Morgan fingerprint density at radius 1 is 1.19 bits per heavy atom. The summed E-state index contributed by atoms with van der Waals surface area (Å²) in [5.74, 6) is 0.793. The van der Waals surface area contributed by atoms with Gasteiger partial charge in [0.25, 0.3) is 0 Å². The number of halogens is 3. The average molecular weight is 296 g/mol. The first kappa shape index (κ1) is 14.1. The molecule has 1 heterocycles. The van der Waals surface area contributed by atoms with E-state index in [1.807, 2.05) is 0 Å². The Labute approximate surface area is 120 Å². The maximum atomic E-state index is 12.5. The Balaban J connectivity index is 1.67. The fraction of sp³-hybridized carbons (Fsp3) is 0.429. The minimum atomic E-state index is -4.30. The molecule has 3 rings (SSSR count). The number of hydrogen-bond donors (Lipinski definition) is 1. The standard InChI is InChI=1S/C14H15F3N4/c15-14(16,17)11-3-1-10(2-4-11)8-21-13(19-9-20-21)7-18-12-5-6-12/h1-4,9,12,18H,5-8H2. The van der Waals surface area contributed by atoms with E-state index >= 15 is 0 Å². The maximum Gasteiger partial charge on any atom is 0.416 e. The lowest BCUT2D eigenvalue weighted by molar-refractivity contribution is -0.137. The molecule has 0 spiro atoms. The molecular formula is C14H15F3N4. The van der Waals surface area contributed by atoms with Crippen LogP contribution in [-0.4, -0.2) is 20.8 Å². The van der Waals surface area contributed by atoms with Gasteiger partial charge in [0.2, 0.25) is 0 Å². The maximum absolute atomic E-state index is 12.5. The van der Waals surface area contributed by atoms with Crippen molar-refractivity contribution in [3.05, 3.63) is 47.5 Å². The summed E-state index contributed by atoms with van der Waals surface area (Å²) in [5.41, 5.74) is 0.127. The molecule has 0 unspecified atom stereocenters.